The molecule has 118 valence electrons. The number of aryl methyl sites for hydroxylation is 1. The number of piperidine rings is 1. The topological polar surface area (TPSA) is 25.4 Å². The summed E-state index contributed by atoms with van der Waals surface area (Å²) in [7, 11) is 1.85. The number of benzene rings is 1. The second kappa shape index (κ2) is 7.36. The minimum atomic E-state index is 0.374. The SMILES string of the molecule is CO[C@H]1CCN(Cc2scnc2C)C[C@@H]1Cc1ccccc1. The van der Waals surface area contributed by atoms with Gasteiger partial charge >= 0.3 is 0 Å². The Hall–Kier alpha value is -1.23. The Morgan fingerprint density at radius 3 is 2.82 bits per heavy atom. The van der Waals surface area contributed by atoms with E-state index in [4.69, 9.17) is 4.74 Å². The number of nitrogens with zero attached hydrogens (tertiary/aromatic N) is 2. The van der Waals surface area contributed by atoms with Crippen molar-refractivity contribution in [2.24, 2.45) is 5.92 Å². The van der Waals surface area contributed by atoms with Gasteiger partial charge in [0.15, 0.2) is 0 Å². The lowest BCUT2D eigenvalue weighted by Crippen LogP contribution is -2.44. The summed E-state index contributed by atoms with van der Waals surface area (Å²) >= 11 is 1.77. The van der Waals surface area contributed by atoms with Gasteiger partial charge in [0.1, 0.15) is 0 Å². The van der Waals surface area contributed by atoms with Crippen molar-refractivity contribution in [2.75, 3.05) is 20.2 Å². The van der Waals surface area contributed by atoms with Gasteiger partial charge in [0, 0.05) is 37.5 Å². The Morgan fingerprint density at radius 2 is 2.14 bits per heavy atom. The second-order valence-corrected chi connectivity index (χ2v) is 7.05. The van der Waals surface area contributed by atoms with Crippen molar-refractivity contribution in [1.82, 2.24) is 9.88 Å². The molecule has 1 aromatic carbocycles. The molecular weight excluding hydrogens is 292 g/mol. The number of rotatable bonds is 5. The molecule has 1 aliphatic rings. The van der Waals surface area contributed by atoms with E-state index in [1.807, 2.05) is 12.6 Å². The molecule has 0 saturated carbocycles. The van der Waals surface area contributed by atoms with E-state index in [1.165, 1.54) is 16.1 Å². The van der Waals surface area contributed by atoms with E-state index in [9.17, 15) is 0 Å². The van der Waals surface area contributed by atoms with E-state index in [0.717, 1.165) is 32.5 Å². The van der Waals surface area contributed by atoms with Crippen LogP contribution in [0.15, 0.2) is 35.8 Å². The number of likely N-dealkylation sites (tertiary alicyclic amines) is 1. The third-order valence-electron chi connectivity index (χ3n) is 4.60. The van der Waals surface area contributed by atoms with Crippen LogP contribution in [0.4, 0.5) is 0 Å². The standard InChI is InChI=1S/C18H24N2OS/c1-14-18(22-13-19-14)12-20-9-8-17(21-2)16(11-20)10-15-6-4-3-5-7-15/h3-7,13,16-17H,8-12H2,1-2H3/t16-,17-/m0/s1. The molecule has 0 aliphatic carbocycles. The van der Waals surface area contributed by atoms with Gasteiger partial charge in [-0.1, -0.05) is 30.3 Å². The molecule has 4 heteroatoms. The molecule has 1 aliphatic heterocycles. The fourth-order valence-corrected chi connectivity index (χ4v) is 4.15. The molecule has 2 heterocycles. The summed E-state index contributed by atoms with van der Waals surface area (Å²) in [5.41, 5.74) is 4.54. The third-order valence-corrected chi connectivity index (χ3v) is 5.52. The number of hydrogen-bond donors (Lipinski definition) is 0. The predicted octanol–water partition coefficient (Wildman–Crippen LogP) is 3.53. The highest BCUT2D eigenvalue weighted by Crippen LogP contribution is 2.26. The maximum absolute atomic E-state index is 5.75. The Kier molecular flexibility index (Phi) is 5.24. The molecule has 0 unspecified atom stereocenters. The zero-order valence-corrected chi connectivity index (χ0v) is 14.2. The summed E-state index contributed by atoms with van der Waals surface area (Å²) in [6, 6.07) is 10.8. The van der Waals surface area contributed by atoms with Gasteiger partial charge in [-0.05, 0) is 25.3 Å². The van der Waals surface area contributed by atoms with Crippen LogP contribution < -0.4 is 0 Å². The first-order valence-electron chi connectivity index (χ1n) is 7.94. The van der Waals surface area contributed by atoms with Gasteiger partial charge in [0.2, 0.25) is 0 Å². The van der Waals surface area contributed by atoms with Gasteiger partial charge in [0.25, 0.3) is 0 Å². The molecule has 0 radical (unpaired) electrons. The van der Waals surface area contributed by atoms with E-state index in [1.54, 1.807) is 11.3 Å². The lowest BCUT2D eigenvalue weighted by atomic mass is 9.88. The van der Waals surface area contributed by atoms with Crippen molar-refractivity contribution in [3.63, 3.8) is 0 Å². The van der Waals surface area contributed by atoms with E-state index < -0.39 is 0 Å². The number of thiazole rings is 1. The van der Waals surface area contributed by atoms with E-state index >= 15 is 0 Å². The monoisotopic (exact) mass is 316 g/mol. The fraction of sp³-hybridized carbons (Fsp3) is 0.500. The Labute approximate surface area is 137 Å². The molecule has 0 spiro atoms. The van der Waals surface area contributed by atoms with Crippen LogP contribution in [0, 0.1) is 12.8 Å². The fourth-order valence-electron chi connectivity index (χ4n) is 3.33. The van der Waals surface area contributed by atoms with Crippen LogP contribution in [-0.4, -0.2) is 36.2 Å². The molecule has 3 rings (SSSR count). The second-order valence-electron chi connectivity index (χ2n) is 6.11. The third kappa shape index (κ3) is 3.75. The Morgan fingerprint density at radius 1 is 1.32 bits per heavy atom. The van der Waals surface area contributed by atoms with Gasteiger partial charge in [-0.25, -0.2) is 4.98 Å². The lowest BCUT2D eigenvalue weighted by molar-refractivity contribution is -0.00828. The lowest BCUT2D eigenvalue weighted by Gasteiger charge is -2.38. The molecular formula is C18H24N2OS. The Bertz CT molecular complexity index is 584. The molecule has 3 nitrogen and oxygen atoms in total. The van der Waals surface area contributed by atoms with Crippen LogP contribution in [0.2, 0.25) is 0 Å². The number of aromatic nitrogens is 1. The molecule has 1 fully saturated rings. The molecule has 0 amide bonds. The van der Waals surface area contributed by atoms with Crippen molar-refractivity contribution in [3.8, 4) is 0 Å². The first kappa shape index (κ1) is 15.7. The molecule has 1 aromatic heterocycles. The Balaban J connectivity index is 1.66. The smallest absolute Gasteiger partial charge is 0.0798 e. The average Bonchev–Trinajstić information content (AvgIpc) is 2.94. The molecule has 1 saturated heterocycles. The zero-order chi connectivity index (χ0) is 15.4. The number of ether oxygens (including phenoxy) is 1. The van der Waals surface area contributed by atoms with Crippen molar-refractivity contribution < 1.29 is 4.74 Å². The molecule has 2 aromatic rings. The summed E-state index contributed by atoms with van der Waals surface area (Å²) in [6.07, 6.45) is 2.59. The van der Waals surface area contributed by atoms with E-state index in [0.29, 0.717) is 12.0 Å². The largest absolute Gasteiger partial charge is 0.381 e. The minimum absolute atomic E-state index is 0.374. The van der Waals surface area contributed by atoms with E-state index in [-0.39, 0.29) is 0 Å². The highest BCUT2D eigenvalue weighted by atomic mass is 32.1. The summed E-state index contributed by atoms with van der Waals surface area (Å²) in [6.45, 7) is 5.35. The van der Waals surface area contributed by atoms with Crippen LogP contribution in [0.5, 0.6) is 0 Å². The first-order chi connectivity index (χ1) is 10.8. The van der Waals surface area contributed by atoms with Crippen molar-refractivity contribution in [1.29, 1.82) is 0 Å². The molecule has 0 bridgehead atoms. The van der Waals surface area contributed by atoms with Crippen LogP contribution in [0.25, 0.3) is 0 Å². The zero-order valence-electron chi connectivity index (χ0n) is 13.4. The van der Waals surface area contributed by atoms with Crippen LogP contribution >= 0.6 is 11.3 Å². The van der Waals surface area contributed by atoms with Gasteiger partial charge in [0.05, 0.1) is 17.3 Å². The van der Waals surface area contributed by atoms with Crippen molar-refractivity contribution in [3.05, 3.63) is 52.0 Å². The van der Waals surface area contributed by atoms with Crippen molar-refractivity contribution in [2.45, 2.75) is 32.4 Å². The van der Waals surface area contributed by atoms with E-state index in [2.05, 4.69) is 47.1 Å². The average molecular weight is 316 g/mol. The normalized spacial score (nSPS) is 22.8. The number of methoxy groups -OCH3 is 1. The van der Waals surface area contributed by atoms with Crippen LogP contribution in [-0.2, 0) is 17.7 Å². The van der Waals surface area contributed by atoms with Gasteiger partial charge < -0.3 is 4.74 Å². The number of hydrogen-bond acceptors (Lipinski definition) is 4. The summed E-state index contributed by atoms with van der Waals surface area (Å²) in [5.74, 6) is 0.564. The van der Waals surface area contributed by atoms with Crippen LogP contribution in [0.1, 0.15) is 22.6 Å². The van der Waals surface area contributed by atoms with Gasteiger partial charge in [-0.15, -0.1) is 11.3 Å². The van der Waals surface area contributed by atoms with Crippen molar-refractivity contribution >= 4 is 11.3 Å². The highest BCUT2D eigenvalue weighted by Gasteiger charge is 2.29. The summed E-state index contributed by atoms with van der Waals surface area (Å²) in [5, 5.41) is 0. The molecule has 22 heavy (non-hydrogen) atoms. The first-order valence-corrected chi connectivity index (χ1v) is 8.82. The quantitative estimate of drug-likeness (QED) is 0.844. The molecule has 0 N–H and O–H groups in total. The summed E-state index contributed by atoms with van der Waals surface area (Å²) < 4.78 is 5.75. The minimum Gasteiger partial charge on any atom is -0.381 e. The summed E-state index contributed by atoms with van der Waals surface area (Å²) in [4.78, 5) is 8.32. The highest BCUT2D eigenvalue weighted by molar-refractivity contribution is 7.09. The van der Waals surface area contributed by atoms with Gasteiger partial charge in [-0.3, -0.25) is 4.90 Å². The molecule has 2 atom stereocenters. The maximum Gasteiger partial charge on any atom is 0.0798 e. The predicted molar refractivity (Wildman–Crippen MR) is 91.2 cm³/mol. The van der Waals surface area contributed by atoms with Crippen LogP contribution in [0.3, 0.4) is 0 Å². The maximum atomic E-state index is 5.75. The van der Waals surface area contributed by atoms with Gasteiger partial charge in [-0.2, -0.15) is 0 Å².